The first kappa shape index (κ1) is 24.2. The van der Waals surface area contributed by atoms with Crippen LogP contribution in [0.5, 0.6) is 5.75 Å². The van der Waals surface area contributed by atoms with Crippen molar-refractivity contribution in [1.82, 2.24) is 5.43 Å². The molecule has 2 aromatic rings. The zero-order chi connectivity index (χ0) is 23.9. The van der Waals surface area contributed by atoms with Gasteiger partial charge in [-0.15, -0.1) is 24.9 Å². The molecular formula is C22H24F3N3O2S2. The van der Waals surface area contributed by atoms with Crippen LogP contribution in [-0.2, 0) is 5.41 Å². The zero-order valence-electron chi connectivity index (χ0n) is 18.0. The van der Waals surface area contributed by atoms with E-state index >= 15 is 0 Å². The molecule has 172 valence electrons. The Labute approximate surface area is 194 Å². The molecule has 3 N–H and O–H groups in total. The number of alkyl halides is 3. The molecule has 1 heterocycles. The molecule has 0 unspecified atom stereocenters. The van der Waals surface area contributed by atoms with Crippen LogP contribution >= 0.6 is 24.0 Å². The van der Waals surface area contributed by atoms with Crippen LogP contribution in [0.15, 0.2) is 47.4 Å². The first-order valence-electron chi connectivity index (χ1n) is 9.77. The Morgan fingerprint density at radius 1 is 1.16 bits per heavy atom. The molecule has 5 nitrogen and oxygen atoms in total. The van der Waals surface area contributed by atoms with Crippen LogP contribution in [-0.4, -0.2) is 22.1 Å². The van der Waals surface area contributed by atoms with E-state index in [2.05, 4.69) is 37.9 Å². The smallest absolute Gasteiger partial charge is 0.406 e. The number of carbonyl (C=O) groups excluding carboxylic acids is 1. The van der Waals surface area contributed by atoms with Crippen molar-refractivity contribution in [3.05, 3.63) is 53.6 Å². The highest BCUT2D eigenvalue weighted by Gasteiger charge is 2.38. The summed E-state index contributed by atoms with van der Waals surface area (Å²) >= 11 is 6.93. The second-order valence-corrected chi connectivity index (χ2v) is 11.0. The largest absolute Gasteiger partial charge is 0.573 e. The summed E-state index contributed by atoms with van der Waals surface area (Å²) in [6.45, 7) is 8.77. The number of nitrogens with zero attached hydrogens (tertiary/aromatic N) is 1. The van der Waals surface area contributed by atoms with Gasteiger partial charge in [0.1, 0.15) is 5.75 Å². The van der Waals surface area contributed by atoms with Gasteiger partial charge in [-0.25, -0.2) is 5.01 Å². The lowest BCUT2D eigenvalue weighted by Gasteiger charge is -2.42. The Kier molecular flexibility index (Phi) is 6.41. The maximum atomic E-state index is 12.7. The summed E-state index contributed by atoms with van der Waals surface area (Å²) in [6, 6.07) is 10.3. The number of hydrazine groups is 1. The summed E-state index contributed by atoms with van der Waals surface area (Å²) in [4.78, 5) is 13.9. The molecule has 0 spiro atoms. The summed E-state index contributed by atoms with van der Waals surface area (Å²) in [5.74, 6) is -0.999. The second-order valence-electron chi connectivity index (χ2n) is 8.79. The second kappa shape index (κ2) is 8.47. The van der Waals surface area contributed by atoms with E-state index in [0.717, 1.165) is 29.0 Å². The Hall–Kier alpha value is -2.46. The van der Waals surface area contributed by atoms with Gasteiger partial charge in [0.15, 0.2) is 5.11 Å². The highest BCUT2D eigenvalue weighted by Crippen LogP contribution is 2.51. The van der Waals surface area contributed by atoms with Crippen molar-refractivity contribution in [2.24, 2.45) is 5.73 Å². The van der Waals surface area contributed by atoms with Crippen molar-refractivity contribution >= 4 is 40.7 Å². The quantitative estimate of drug-likeness (QED) is 0.442. The number of amides is 1. The van der Waals surface area contributed by atoms with E-state index < -0.39 is 18.0 Å². The number of hydrogen-bond donors (Lipinski definition) is 2. The van der Waals surface area contributed by atoms with E-state index in [1.165, 1.54) is 17.1 Å². The molecule has 32 heavy (non-hydrogen) atoms. The van der Waals surface area contributed by atoms with Crippen molar-refractivity contribution < 1.29 is 22.7 Å². The number of ether oxygens (including phenoxy) is 1. The summed E-state index contributed by atoms with van der Waals surface area (Å²) in [5, 5.41) is 1.22. The third kappa shape index (κ3) is 5.66. The minimum absolute atomic E-state index is 0.0723. The van der Waals surface area contributed by atoms with Crippen molar-refractivity contribution in [2.45, 2.75) is 55.5 Å². The van der Waals surface area contributed by atoms with Gasteiger partial charge in [-0.1, -0.05) is 27.7 Å². The van der Waals surface area contributed by atoms with Crippen LogP contribution in [0.4, 0.5) is 18.9 Å². The number of rotatable bonds is 3. The summed E-state index contributed by atoms with van der Waals surface area (Å²) in [6.07, 6.45) is -3.84. The van der Waals surface area contributed by atoms with Crippen LogP contribution in [0.2, 0.25) is 0 Å². The number of thiocarbonyl (C=S) groups is 1. The van der Waals surface area contributed by atoms with Crippen LogP contribution in [0.1, 0.15) is 50.0 Å². The van der Waals surface area contributed by atoms with Crippen LogP contribution in [0, 0.1) is 0 Å². The Morgan fingerprint density at radius 2 is 1.78 bits per heavy atom. The van der Waals surface area contributed by atoms with Crippen molar-refractivity contribution in [3.63, 3.8) is 0 Å². The summed E-state index contributed by atoms with van der Waals surface area (Å²) < 4.78 is 40.9. The predicted molar refractivity (Wildman–Crippen MR) is 124 cm³/mol. The maximum Gasteiger partial charge on any atom is 0.573 e. The standard InChI is InChI=1S/C22H24F3N3O2S2/c1-20(2)12-21(3,4)32-17-10-7-14(11-16(17)20)28(19(26)31)27-18(29)13-5-8-15(9-6-13)30-22(23,24)25/h5-11H,12H2,1-4H3,(H2,26,31)(H,27,29). The average Bonchev–Trinajstić information content (AvgIpc) is 2.63. The molecule has 1 amide bonds. The summed E-state index contributed by atoms with van der Waals surface area (Å²) in [5.41, 5.74) is 10.2. The van der Waals surface area contributed by atoms with Gasteiger partial charge in [0.05, 0.1) is 5.69 Å². The number of nitrogens with two attached hydrogens (primary N) is 1. The normalized spacial score (nSPS) is 16.6. The molecule has 0 aromatic heterocycles. The van der Waals surface area contributed by atoms with Gasteiger partial charge in [0.25, 0.3) is 5.91 Å². The van der Waals surface area contributed by atoms with E-state index in [-0.39, 0.29) is 20.8 Å². The number of hydrogen-bond acceptors (Lipinski definition) is 4. The van der Waals surface area contributed by atoms with E-state index in [9.17, 15) is 18.0 Å². The van der Waals surface area contributed by atoms with Crippen LogP contribution in [0.25, 0.3) is 0 Å². The lowest BCUT2D eigenvalue weighted by molar-refractivity contribution is -0.274. The van der Waals surface area contributed by atoms with Crippen LogP contribution in [0.3, 0.4) is 0 Å². The number of fused-ring (bicyclic) bond motifs is 1. The zero-order valence-corrected chi connectivity index (χ0v) is 19.7. The fourth-order valence-electron chi connectivity index (χ4n) is 3.99. The minimum Gasteiger partial charge on any atom is -0.406 e. The van der Waals surface area contributed by atoms with Gasteiger partial charge in [-0.3, -0.25) is 10.2 Å². The van der Waals surface area contributed by atoms with E-state index in [4.69, 9.17) is 18.0 Å². The highest BCUT2D eigenvalue weighted by molar-refractivity contribution is 8.00. The highest BCUT2D eigenvalue weighted by atomic mass is 32.2. The Bertz CT molecular complexity index is 1040. The number of anilines is 1. The van der Waals surface area contributed by atoms with Gasteiger partial charge in [0, 0.05) is 15.2 Å². The number of halogens is 3. The third-order valence-corrected chi connectivity index (χ3v) is 6.44. The summed E-state index contributed by atoms with van der Waals surface area (Å²) in [7, 11) is 0. The Balaban J connectivity index is 1.84. The molecule has 0 fully saturated rings. The molecule has 1 aliphatic rings. The lowest BCUT2D eigenvalue weighted by atomic mass is 9.77. The molecule has 3 rings (SSSR count). The molecule has 0 saturated carbocycles. The number of thioether (sulfide) groups is 1. The molecule has 0 aliphatic carbocycles. The maximum absolute atomic E-state index is 12.7. The topological polar surface area (TPSA) is 67.6 Å². The average molecular weight is 484 g/mol. The molecule has 0 saturated heterocycles. The monoisotopic (exact) mass is 483 g/mol. The van der Waals surface area contributed by atoms with E-state index in [0.29, 0.717) is 5.69 Å². The number of benzene rings is 2. The van der Waals surface area contributed by atoms with E-state index in [1.54, 1.807) is 11.8 Å². The molecule has 1 aliphatic heterocycles. The molecule has 0 bridgehead atoms. The molecule has 10 heteroatoms. The molecular weight excluding hydrogens is 459 g/mol. The number of carbonyl (C=O) groups is 1. The Morgan fingerprint density at radius 3 is 2.34 bits per heavy atom. The predicted octanol–water partition coefficient (Wildman–Crippen LogP) is 5.53. The fraction of sp³-hybridized carbons (Fsp3) is 0.364. The minimum atomic E-state index is -4.81. The SMILES string of the molecule is CC1(C)CC(C)(C)c2cc(N(NC(=O)c3ccc(OC(F)(F)F)cc3)C(N)=S)ccc2S1. The third-order valence-electron chi connectivity index (χ3n) is 4.99. The van der Waals surface area contributed by atoms with Crippen LogP contribution < -0.4 is 20.9 Å². The van der Waals surface area contributed by atoms with Crippen molar-refractivity contribution in [1.29, 1.82) is 0 Å². The molecule has 0 radical (unpaired) electrons. The molecule has 2 aromatic carbocycles. The molecule has 0 atom stereocenters. The van der Waals surface area contributed by atoms with Gasteiger partial charge >= 0.3 is 6.36 Å². The number of nitrogens with one attached hydrogen (secondary N) is 1. The fourth-order valence-corrected chi connectivity index (χ4v) is 5.75. The van der Waals surface area contributed by atoms with Gasteiger partial charge in [-0.2, -0.15) is 0 Å². The van der Waals surface area contributed by atoms with Crippen molar-refractivity contribution in [2.75, 3.05) is 5.01 Å². The van der Waals surface area contributed by atoms with E-state index in [1.807, 2.05) is 18.2 Å². The van der Waals surface area contributed by atoms with Crippen molar-refractivity contribution in [3.8, 4) is 5.75 Å². The first-order chi connectivity index (χ1) is 14.7. The first-order valence-corrected chi connectivity index (χ1v) is 11.0. The van der Waals surface area contributed by atoms with Gasteiger partial charge in [-0.05, 0) is 72.1 Å². The lowest BCUT2D eigenvalue weighted by Crippen LogP contribution is -2.49. The van der Waals surface area contributed by atoms with Gasteiger partial charge < -0.3 is 10.5 Å². The van der Waals surface area contributed by atoms with Gasteiger partial charge in [0.2, 0.25) is 0 Å².